The van der Waals surface area contributed by atoms with Crippen molar-refractivity contribution in [2.45, 2.75) is 38.9 Å². The minimum atomic E-state index is -3.29. The van der Waals surface area contributed by atoms with Crippen LogP contribution >= 0.6 is 0 Å². The summed E-state index contributed by atoms with van der Waals surface area (Å²) < 4.78 is 25.1. The molecule has 14 heavy (non-hydrogen) atoms. The van der Waals surface area contributed by atoms with Crippen molar-refractivity contribution in [1.82, 2.24) is 4.31 Å². The summed E-state index contributed by atoms with van der Waals surface area (Å²) in [6.45, 7) is 6.20. The first-order valence-electron chi connectivity index (χ1n) is 5.10. The van der Waals surface area contributed by atoms with Gasteiger partial charge in [0, 0.05) is 13.1 Å². The summed E-state index contributed by atoms with van der Waals surface area (Å²) in [5.74, 6) is 0. The average molecular weight is 223 g/mol. The van der Waals surface area contributed by atoms with Crippen molar-refractivity contribution in [3.8, 4) is 0 Å². The number of hydrogen-bond acceptors (Lipinski definition) is 3. The van der Waals surface area contributed by atoms with Crippen LogP contribution in [0.3, 0.4) is 0 Å². The third kappa shape index (κ3) is 3.55. The molecular weight excluding hydrogens is 202 g/mol. The highest BCUT2D eigenvalue weighted by Gasteiger charge is 2.26. The van der Waals surface area contributed by atoms with Crippen molar-refractivity contribution in [2.24, 2.45) is 0 Å². The first kappa shape index (κ1) is 13.9. The number of sulfonamides is 1. The second-order valence-electron chi connectivity index (χ2n) is 3.44. The summed E-state index contributed by atoms with van der Waals surface area (Å²) in [7, 11) is -3.29. The molecule has 0 aromatic carbocycles. The molecule has 4 nitrogen and oxygen atoms in total. The van der Waals surface area contributed by atoms with E-state index in [9.17, 15) is 8.42 Å². The van der Waals surface area contributed by atoms with Crippen LogP contribution in [0.1, 0.15) is 33.6 Å². The lowest BCUT2D eigenvalue weighted by Crippen LogP contribution is -2.40. The molecule has 0 radical (unpaired) electrons. The van der Waals surface area contributed by atoms with E-state index in [4.69, 9.17) is 5.11 Å². The molecule has 0 saturated heterocycles. The zero-order chi connectivity index (χ0) is 11.2. The van der Waals surface area contributed by atoms with E-state index in [2.05, 4.69) is 0 Å². The lowest BCUT2D eigenvalue weighted by atomic mass is 10.4. The van der Waals surface area contributed by atoms with Crippen LogP contribution in [-0.4, -0.2) is 42.8 Å². The topological polar surface area (TPSA) is 57.6 Å². The predicted molar refractivity (Wildman–Crippen MR) is 57.6 cm³/mol. The molecule has 0 aliphatic rings. The molecule has 0 spiro atoms. The summed E-state index contributed by atoms with van der Waals surface area (Å²) in [6, 6.07) is 0. The van der Waals surface area contributed by atoms with Crippen molar-refractivity contribution in [2.75, 3.05) is 19.7 Å². The lowest BCUT2D eigenvalue weighted by molar-refractivity contribution is 0.288. The van der Waals surface area contributed by atoms with Crippen LogP contribution in [0.4, 0.5) is 0 Å². The molecule has 0 bridgehead atoms. The molecule has 0 aliphatic carbocycles. The van der Waals surface area contributed by atoms with Gasteiger partial charge in [-0.15, -0.1) is 0 Å². The minimum Gasteiger partial charge on any atom is -0.395 e. The first-order chi connectivity index (χ1) is 6.50. The highest BCUT2D eigenvalue weighted by Crippen LogP contribution is 2.09. The first-order valence-corrected chi connectivity index (χ1v) is 6.60. The SMILES string of the molecule is CCCN(CCC)S(=O)(=O)C(C)CO. The van der Waals surface area contributed by atoms with E-state index in [1.54, 1.807) is 0 Å². The largest absolute Gasteiger partial charge is 0.395 e. The molecular formula is C9H21NO3S. The van der Waals surface area contributed by atoms with Crippen molar-refractivity contribution in [1.29, 1.82) is 0 Å². The standard InChI is InChI=1S/C9H21NO3S/c1-4-6-10(7-5-2)14(12,13)9(3)8-11/h9,11H,4-8H2,1-3H3. The average Bonchev–Trinajstić information content (AvgIpc) is 2.16. The molecule has 0 amide bonds. The zero-order valence-electron chi connectivity index (χ0n) is 9.23. The van der Waals surface area contributed by atoms with Gasteiger partial charge in [0.05, 0.1) is 11.9 Å². The Bertz CT molecular complexity index is 232. The fraction of sp³-hybridized carbons (Fsp3) is 1.00. The molecule has 1 unspecified atom stereocenters. The van der Waals surface area contributed by atoms with Gasteiger partial charge in [-0.3, -0.25) is 0 Å². The van der Waals surface area contributed by atoms with E-state index < -0.39 is 15.3 Å². The molecule has 0 saturated carbocycles. The highest BCUT2D eigenvalue weighted by molar-refractivity contribution is 7.89. The fourth-order valence-electron chi connectivity index (χ4n) is 1.21. The second-order valence-corrected chi connectivity index (χ2v) is 5.79. The van der Waals surface area contributed by atoms with Gasteiger partial charge in [0.2, 0.25) is 10.0 Å². The van der Waals surface area contributed by atoms with Gasteiger partial charge in [0.25, 0.3) is 0 Å². The Morgan fingerprint density at radius 3 is 1.93 bits per heavy atom. The molecule has 0 aromatic rings. The number of aliphatic hydroxyl groups is 1. The van der Waals surface area contributed by atoms with Gasteiger partial charge in [0.15, 0.2) is 0 Å². The smallest absolute Gasteiger partial charge is 0.218 e. The maximum Gasteiger partial charge on any atom is 0.218 e. The fourth-order valence-corrected chi connectivity index (χ4v) is 2.79. The molecule has 0 rings (SSSR count). The normalized spacial score (nSPS) is 14.6. The third-order valence-electron chi connectivity index (χ3n) is 2.07. The number of hydrogen-bond donors (Lipinski definition) is 1. The van der Waals surface area contributed by atoms with Crippen molar-refractivity contribution in [3.63, 3.8) is 0 Å². The van der Waals surface area contributed by atoms with Crippen LogP contribution in [0.2, 0.25) is 0 Å². The third-order valence-corrected chi connectivity index (χ3v) is 4.32. The van der Waals surface area contributed by atoms with E-state index in [-0.39, 0.29) is 6.61 Å². The Labute approximate surface area is 87.0 Å². The number of nitrogens with zero attached hydrogens (tertiary/aromatic N) is 1. The Balaban J connectivity index is 4.62. The van der Waals surface area contributed by atoms with Crippen LogP contribution < -0.4 is 0 Å². The van der Waals surface area contributed by atoms with Crippen LogP contribution in [0.25, 0.3) is 0 Å². The quantitative estimate of drug-likeness (QED) is 0.695. The van der Waals surface area contributed by atoms with Gasteiger partial charge in [-0.25, -0.2) is 12.7 Å². The Morgan fingerprint density at radius 2 is 1.64 bits per heavy atom. The van der Waals surface area contributed by atoms with Crippen LogP contribution in [0.15, 0.2) is 0 Å². The van der Waals surface area contributed by atoms with E-state index in [0.717, 1.165) is 12.8 Å². The van der Waals surface area contributed by atoms with Gasteiger partial charge in [0.1, 0.15) is 0 Å². The van der Waals surface area contributed by atoms with E-state index in [1.807, 2.05) is 13.8 Å². The maximum atomic E-state index is 11.8. The van der Waals surface area contributed by atoms with Gasteiger partial charge in [-0.05, 0) is 19.8 Å². The summed E-state index contributed by atoms with van der Waals surface area (Å²) in [5.41, 5.74) is 0. The summed E-state index contributed by atoms with van der Waals surface area (Å²) in [6.07, 6.45) is 1.61. The number of rotatable bonds is 7. The molecule has 0 fully saturated rings. The highest BCUT2D eigenvalue weighted by atomic mass is 32.2. The summed E-state index contributed by atoms with van der Waals surface area (Å²) in [4.78, 5) is 0. The van der Waals surface area contributed by atoms with Crippen molar-refractivity contribution >= 4 is 10.0 Å². The Kier molecular flexibility index (Phi) is 6.31. The van der Waals surface area contributed by atoms with Gasteiger partial charge >= 0.3 is 0 Å². The number of aliphatic hydroxyl groups excluding tert-OH is 1. The molecule has 1 N–H and O–H groups in total. The maximum absolute atomic E-state index is 11.8. The molecule has 0 aromatic heterocycles. The Hall–Kier alpha value is -0.130. The van der Waals surface area contributed by atoms with Crippen molar-refractivity contribution in [3.05, 3.63) is 0 Å². The molecule has 1 atom stereocenters. The van der Waals surface area contributed by atoms with Crippen LogP contribution in [-0.2, 0) is 10.0 Å². The van der Waals surface area contributed by atoms with Gasteiger partial charge in [-0.1, -0.05) is 13.8 Å². The van der Waals surface area contributed by atoms with Crippen LogP contribution in [0, 0.1) is 0 Å². The molecule has 5 heteroatoms. The van der Waals surface area contributed by atoms with Crippen LogP contribution in [0.5, 0.6) is 0 Å². The predicted octanol–water partition coefficient (Wildman–Crippen LogP) is 0.819. The second kappa shape index (κ2) is 6.37. The minimum absolute atomic E-state index is 0.313. The van der Waals surface area contributed by atoms with Gasteiger partial charge < -0.3 is 5.11 Å². The van der Waals surface area contributed by atoms with E-state index >= 15 is 0 Å². The zero-order valence-corrected chi connectivity index (χ0v) is 10.0. The molecule has 0 heterocycles. The molecule has 86 valence electrons. The summed E-state index contributed by atoms with van der Waals surface area (Å²) in [5, 5.41) is 8.16. The lowest BCUT2D eigenvalue weighted by Gasteiger charge is -2.23. The van der Waals surface area contributed by atoms with E-state index in [1.165, 1.54) is 11.2 Å². The van der Waals surface area contributed by atoms with Crippen molar-refractivity contribution < 1.29 is 13.5 Å². The van der Waals surface area contributed by atoms with E-state index in [0.29, 0.717) is 13.1 Å². The monoisotopic (exact) mass is 223 g/mol. The Morgan fingerprint density at radius 1 is 1.21 bits per heavy atom. The van der Waals surface area contributed by atoms with Gasteiger partial charge in [-0.2, -0.15) is 0 Å². The molecule has 0 aliphatic heterocycles. The summed E-state index contributed by atoms with van der Waals surface area (Å²) >= 11 is 0.